The van der Waals surface area contributed by atoms with Gasteiger partial charge in [0, 0.05) is 25.9 Å². The number of halogens is 2. The molecule has 0 saturated carbocycles. The topological polar surface area (TPSA) is 96.7 Å². The molecule has 2 aromatic carbocycles. The molecule has 0 saturated heterocycles. The Kier molecular flexibility index (Phi) is 6.00. The minimum Gasteiger partial charge on any atom is -0.368 e. The van der Waals surface area contributed by atoms with Gasteiger partial charge < -0.3 is 11.1 Å². The molecule has 0 bridgehead atoms. The fourth-order valence-electron chi connectivity index (χ4n) is 2.19. The SMILES string of the molecule is Cc1c(Br)cc(NC(=O)c2cccc(CSc3n[nH]c(N)n3)c2)cc1Br. The largest absolute Gasteiger partial charge is 0.368 e. The molecule has 0 radical (unpaired) electrons. The Balaban J connectivity index is 1.70. The molecule has 0 fully saturated rings. The zero-order valence-electron chi connectivity index (χ0n) is 13.7. The Morgan fingerprint density at radius 3 is 2.65 bits per heavy atom. The van der Waals surface area contributed by atoms with E-state index in [0.717, 1.165) is 25.8 Å². The van der Waals surface area contributed by atoms with E-state index in [1.54, 1.807) is 6.07 Å². The third kappa shape index (κ3) is 4.66. The van der Waals surface area contributed by atoms with E-state index in [0.29, 0.717) is 16.5 Å². The number of carbonyl (C=O) groups excluding carboxylic acids is 1. The third-order valence-electron chi connectivity index (χ3n) is 3.58. The number of aromatic amines is 1. The van der Waals surface area contributed by atoms with Gasteiger partial charge in [-0.25, -0.2) is 5.10 Å². The summed E-state index contributed by atoms with van der Waals surface area (Å²) in [5.41, 5.74) is 8.90. The van der Waals surface area contributed by atoms with E-state index in [9.17, 15) is 4.79 Å². The van der Waals surface area contributed by atoms with Crippen molar-refractivity contribution >= 4 is 61.2 Å². The maximum absolute atomic E-state index is 12.6. The maximum atomic E-state index is 12.6. The number of rotatable bonds is 5. The highest BCUT2D eigenvalue weighted by Gasteiger charge is 2.10. The first-order valence-electron chi connectivity index (χ1n) is 7.59. The number of anilines is 2. The van der Waals surface area contributed by atoms with Gasteiger partial charge >= 0.3 is 0 Å². The van der Waals surface area contributed by atoms with Gasteiger partial charge in [-0.15, -0.1) is 5.10 Å². The second-order valence-corrected chi connectivity index (χ2v) is 8.16. The fraction of sp³-hybridized carbons (Fsp3) is 0.118. The van der Waals surface area contributed by atoms with Crippen LogP contribution in [0, 0.1) is 6.92 Å². The summed E-state index contributed by atoms with van der Waals surface area (Å²) < 4.78 is 1.86. The molecule has 1 amide bonds. The summed E-state index contributed by atoms with van der Waals surface area (Å²) in [6.45, 7) is 1.99. The van der Waals surface area contributed by atoms with Gasteiger partial charge in [0.25, 0.3) is 5.91 Å². The number of nitrogens with zero attached hydrogens (tertiary/aromatic N) is 2. The molecule has 0 spiro atoms. The molecule has 0 aliphatic rings. The van der Waals surface area contributed by atoms with Crippen molar-refractivity contribution in [2.45, 2.75) is 17.8 Å². The quantitative estimate of drug-likeness (QED) is 0.442. The van der Waals surface area contributed by atoms with Crippen molar-refractivity contribution < 1.29 is 4.79 Å². The van der Waals surface area contributed by atoms with Crippen LogP contribution >= 0.6 is 43.6 Å². The highest BCUT2D eigenvalue weighted by Crippen LogP contribution is 2.29. The van der Waals surface area contributed by atoms with E-state index in [1.165, 1.54) is 11.8 Å². The Labute approximate surface area is 171 Å². The number of amides is 1. The van der Waals surface area contributed by atoms with Gasteiger partial charge in [0.2, 0.25) is 11.1 Å². The minimum atomic E-state index is -0.165. The van der Waals surface area contributed by atoms with Crippen LogP contribution in [0.15, 0.2) is 50.5 Å². The maximum Gasteiger partial charge on any atom is 0.255 e. The number of hydrogen-bond acceptors (Lipinski definition) is 5. The second-order valence-electron chi connectivity index (χ2n) is 5.51. The van der Waals surface area contributed by atoms with E-state index in [1.807, 2.05) is 37.3 Å². The van der Waals surface area contributed by atoms with Gasteiger partial charge in [-0.1, -0.05) is 55.8 Å². The molecule has 4 N–H and O–H groups in total. The lowest BCUT2D eigenvalue weighted by Gasteiger charge is -2.10. The molecule has 6 nitrogen and oxygen atoms in total. The first-order valence-corrected chi connectivity index (χ1v) is 10.2. The molecule has 3 rings (SSSR count). The molecular formula is C17H15Br2N5OS. The molecule has 0 aliphatic heterocycles. The highest BCUT2D eigenvalue weighted by atomic mass is 79.9. The molecule has 0 aliphatic carbocycles. The molecule has 0 atom stereocenters. The van der Waals surface area contributed by atoms with Crippen molar-refractivity contribution in [1.29, 1.82) is 0 Å². The summed E-state index contributed by atoms with van der Waals surface area (Å²) in [4.78, 5) is 16.6. The molecule has 0 unspecified atom stereocenters. The number of nitrogens with one attached hydrogen (secondary N) is 2. The van der Waals surface area contributed by atoms with Crippen molar-refractivity contribution in [3.63, 3.8) is 0 Å². The summed E-state index contributed by atoms with van der Waals surface area (Å²) in [6, 6.07) is 11.2. The normalized spacial score (nSPS) is 10.7. The van der Waals surface area contributed by atoms with Gasteiger partial charge in [0.15, 0.2) is 0 Å². The monoisotopic (exact) mass is 495 g/mol. The minimum absolute atomic E-state index is 0.165. The molecule has 1 heterocycles. The lowest BCUT2D eigenvalue weighted by atomic mass is 10.1. The van der Waals surface area contributed by atoms with Gasteiger partial charge in [-0.2, -0.15) is 4.98 Å². The van der Waals surface area contributed by atoms with Crippen LogP contribution in [0.5, 0.6) is 0 Å². The predicted octanol–water partition coefficient (Wildman–Crippen LogP) is 4.76. The van der Waals surface area contributed by atoms with Gasteiger partial charge in [0.05, 0.1) is 0 Å². The van der Waals surface area contributed by atoms with Crippen molar-refractivity contribution in [1.82, 2.24) is 15.2 Å². The summed E-state index contributed by atoms with van der Waals surface area (Å²) >= 11 is 8.43. The predicted molar refractivity (Wildman–Crippen MR) is 111 cm³/mol. The van der Waals surface area contributed by atoms with E-state index < -0.39 is 0 Å². The zero-order valence-corrected chi connectivity index (χ0v) is 17.7. The standard InChI is InChI=1S/C17H15Br2N5OS/c1-9-13(18)6-12(7-14(9)19)21-15(25)11-4-2-3-10(5-11)8-26-17-22-16(20)23-24-17/h2-7H,8H2,1H3,(H,21,25)(H3,20,22,23,24). The number of thioether (sulfide) groups is 1. The number of benzene rings is 2. The van der Waals surface area contributed by atoms with Crippen LogP contribution in [0.25, 0.3) is 0 Å². The Morgan fingerprint density at radius 1 is 1.27 bits per heavy atom. The number of aromatic nitrogens is 3. The van der Waals surface area contributed by atoms with Crippen molar-refractivity contribution in [2.75, 3.05) is 11.1 Å². The van der Waals surface area contributed by atoms with Crippen molar-refractivity contribution in [3.8, 4) is 0 Å². The Morgan fingerprint density at radius 2 is 2.00 bits per heavy atom. The van der Waals surface area contributed by atoms with E-state index in [-0.39, 0.29) is 11.9 Å². The fourth-order valence-corrected chi connectivity index (χ4v) is 4.13. The van der Waals surface area contributed by atoms with E-state index in [4.69, 9.17) is 5.73 Å². The van der Waals surface area contributed by atoms with Crippen LogP contribution in [0.2, 0.25) is 0 Å². The van der Waals surface area contributed by atoms with Crippen LogP contribution in [-0.4, -0.2) is 21.1 Å². The molecule has 3 aromatic rings. The van der Waals surface area contributed by atoms with Gasteiger partial charge in [-0.3, -0.25) is 4.79 Å². The average Bonchev–Trinajstić information content (AvgIpc) is 3.03. The lowest BCUT2D eigenvalue weighted by Crippen LogP contribution is -2.12. The zero-order chi connectivity index (χ0) is 18.7. The van der Waals surface area contributed by atoms with Crippen LogP contribution in [0.1, 0.15) is 21.5 Å². The number of hydrogen-bond donors (Lipinski definition) is 3. The van der Waals surface area contributed by atoms with Gasteiger partial charge in [-0.05, 0) is 42.3 Å². The van der Waals surface area contributed by atoms with Crippen LogP contribution in [-0.2, 0) is 5.75 Å². The van der Waals surface area contributed by atoms with E-state index >= 15 is 0 Å². The van der Waals surface area contributed by atoms with Crippen LogP contribution in [0.4, 0.5) is 11.6 Å². The number of H-pyrrole nitrogens is 1. The molecule has 26 heavy (non-hydrogen) atoms. The average molecular weight is 497 g/mol. The lowest BCUT2D eigenvalue weighted by molar-refractivity contribution is 0.102. The number of carbonyl (C=O) groups is 1. The smallest absolute Gasteiger partial charge is 0.255 e. The van der Waals surface area contributed by atoms with Crippen LogP contribution in [0.3, 0.4) is 0 Å². The molecule has 134 valence electrons. The Bertz CT molecular complexity index is 937. The number of nitrogens with two attached hydrogens (primary N) is 1. The summed E-state index contributed by atoms with van der Waals surface area (Å²) in [5, 5.41) is 10.1. The summed E-state index contributed by atoms with van der Waals surface area (Å²) in [7, 11) is 0. The summed E-state index contributed by atoms with van der Waals surface area (Å²) in [6.07, 6.45) is 0. The first-order chi connectivity index (χ1) is 12.4. The van der Waals surface area contributed by atoms with Gasteiger partial charge in [0.1, 0.15) is 0 Å². The second kappa shape index (κ2) is 8.24. The van der Waals surface area contributed by atoms with E-state index in [2.05, 4.69) is 52.4 Å². The third-order valence-corrected chi connectivity index (χ3v) is 6.14. The molecule has 1 aromatic heterocycles. The highest BCUT2D eigenvalue weighted by molar-refractivity contribution is 9.11. The van der Waals surface area contributed by atoms with Crippen molar-refractivity contribution in [3.05, 3.63) is 62.0 Å². The number of nitrogen functional groups attached to an aromatic ring is 1. The van der Waals surface area contributed by atoms with Crippen molar-refractivity contribution in [2.24, 2.45) is 0 Å². The Hall–Kier alpha value is -1.84. The molecular weight excluding hydrogens is 482 g/mol. The first kappa shape index (κ1) is 18.9. The molecule has 9 heteroatoms. The van der Waals surface area contributed by atoms with Crippen LogP contribution < -0.4 is 11.1 Å². The summed E-state index contributed by atoms with van der Waals surface area (Å²) in [5.74, 6) is 0.762.